The fourth-order valence-corrected chi connectivity index (χ4v) is 9.85. The van der Waals surface area contributed by atoms with Crippen molar-refractivity contribution >= 4 is 92.2 Å². The number of aromatic nitrogens is 1. The highest BCUT2D eigenvalue weighted by molar-refractivity contribution is 6.26. The topological polar surface area (TPSA) is 34.6 Å². The summed E-state index contributed by atoms with van der Waals surface area (Å²) >= 11 is 0. The number of hydrogen-bond donors (Lipinski definition) is 0. The minimum absolute atomic E-state index is 0.00597. The minimum Gasteiger partial charge on any atom is -0.455 e. The monoisotopic (exact) mass is 737 g/mol. The molecule has 3 heteroatoms. The van der Waals surface area contributed by atoms with E-state index in [0.29, 0.717) is 0 Å². The van der Waals surface area contributed by atoms with Crippen molar-refractivity contribution in [3.05, 3.63) is 198 Å². The molecule has 0 saturated carbocycles. The molecule has 0 N–H and O–H groups in total. The van der Waals surface area contributed by atoms with Crippen LogP contribution in [0.5, 0.6) is 0 Å². The third kappa shape index (κ3) is 4.30. The third-order valence-electron chi connectivity index (χ3n) is 12.5. The van der Waals surface area contributed by atoms with E-state index in [4.69, 9.17) is 4.42 Å². The zero-order valence-electron chi connectivity index (χ0n) is 31.2. The van der Waals surface area contributed by atoms with Gasteiger partial charge in [0.05, 0.1) is 11.0 Å². The number of benzene rings is 10. The van der Waals surface area contributed by atoms with Gasteiger partial charge in [-0.05, 0) is 114 Å². The summed E-state index contributed by atoms with van der Waals surface area (Å²) in [6.07, 6.45) is 0. The number of furan rings is 1. The number of para-hydroxylation sites is 1. The van der Waals surface area contributed by atoms with Crippen molar-refractivity contribution in [2.45, 2.75) is 0 Å². The molecular formula is C55H31NO2. The summed E-state index contributed by atoms with van der Waals surface area (Å²) in [6.45, 7) is 0. The molecule has 10 aromatic carbocycles. The van der Waals surface area contributed by atoms with Crippen LogP contribution in [0.25, 0.3) is 126 Å². The van der Waals surface area contributed by atoms with Gasteiger partial charge >= 0.3 is 0 Å². The summed E-state index contributed by atoms with van der Waals surface area (Å²) in [5.74, 6) is 0. The average molecular weight is 738 g/mol. The van der Waals surface area contributed by atoms with Crippen molar-refractivity contribution in [2.75, 3.05) is 0 Å². The maximum atomic E-state index is 14.2. The molecule has 0 fully saturated rings. The van der Waals surface area contributed by atoms with Crippen LogP contribution in [0.1, 0.15) is 0 Å². The Morgan fingerprint density at radius 3 is 1.57 bits per heavy atom. The molecule has 3 aromatic heterocycles. The molecule has 0 amide bonds. The van der Waals surface area contributed by atoms with Crippen molar-refractivity contribution in [1.82, 2.24) is 4.40 Å². The van der Waals surface area contributed by atoms with E-state index in [2.05, 4.69) is 164 Å². The van der Waals surface area contributed by atoms with Crippen LogP contribution in [-0.2, 0) is 0 Å². The van der Waals surface area contributed by atoms with Gasteiger partial charge in [-0.25, -0.2) is 0 Å². The number of pyridine rings is 1. The summed E-state index contributed by atoms with van der Waals surface area (Å²) in [7, 11) is 0. The zero-order chi connectivity index (χ0) is 38.1. The van der Waals surface area contributed by atoms with E-state index in [1.165, 1.54) is 37.9 Å². The van der Waals surface area contributed by atoms with E-state index >= 15 is 0 Å². The Morgan fingerprint density at radius 2 is 0.845 bits per heavy atom. The predicted molar refractivity (Wildman–Crippen MR) is 243 cm³/mol. The van der Waals surface area contributed by atoms with E-state index in [1.54, 1.807) is 0 Å². The highest BCUT2D eigenvalue weighted by Gasteiger charge is 2.21. The van der Waals surface area contributed by atoms with E-state index < -0.39 is 0 Å². The van der Waals surface area contributed by atoms with Gasteiger partial charge in [0.1, 0.15) is 11.2 Å². The molecule has 13 aromatic rings. The number of fused-ring (bicyclic) bond motifs is 14. The van der Waals surface area contributed by atoms with Crippen LogP contribution in [0.2, 0.25) is 0 Å². The molecule has 0 aliphatic rings. The minimum atomic E-state index is 0.00597. The van der Waals surface area contributed by atoms with Crippen molar-refractivity contribution in [2.24, 2.45) is 0 Å². The summed E-state index contributed by atoms with van der Waals surface area (Å²) < 4.78 is 8.66. The fraction of sp³-hybridized carbons (Fsp3) is 0. The van der Waals surface area contributed by atoms with Gasteiger partial charge < -0.3 is 4.42 Å². The number of hydrogen-bond acceptors (Lipinski definition) is 2. The van der Waals surface area contributed by atoms with Gasteiger partial charge in [-0.1, -0.05) is 140 Å². The Labute approximate surface area is 331 Å². The van der Waals surface area contributed by atoms with E-state index in [1.807, 2.05) is 28.7 Å². The Morgan fingerprint density at radius 1 is 0.328 bits per heavy atom. The maximum Gasteiger partial charge on any atom is 0.263 e. The zero-order valence-corrected chi connectivity index (χ0v) is 31.2. The first-order valence-electron chi connectivity index (χ1n) is 19.8. The van der Waals surface area contributed by atoms with Crippen molar-refractivity contribution in [1.29, 1.82) is 0 Å². The van der Waals surface area contributed by atoms with Gasteiger partial charge in [0.2, 0.25) is 0 Å². The molecule has 58 heavy (non-hydrogen) atoms. The predicted octanol–water partition coefficient (Wildman–Crippen LogP) is 14.6. The maximum absolute atomic E-state index is 14.2. The van der Waals surface area contributed by atoms with Crippen LogP contribution in [0.4, 0.5) is 0 Å². The first kappa shape index (κ1) is 31.5. The highest BCUT2D eigenvalue weighted by Crippen LogP contribution is 2.43. The lowest BCUT2D eigenvalue weighted by atomic mass is 9.92. The summed E-state index contributed by atoms with van der Waals surface area (Å²) in [6, 6.07) is 66.8. The second kappa shape index (κ2) is 11.6. The lowest BCUT2D eigenvalue weighted by Crippen LogP contribution is -2.12. The Balaban J connectivity index is 1.00. The van der Waals surface area contributed by atoms with Crippen LogP contribution >= 0.6 is 0 Å². The first-order valence-corrected chi connectivity index (χ1v) is 19.8. The van der Waals surface area contributed by atoms with Gasteiger partial charge in [0.25, 0.3) is 5.56 Å². The fourth-order valence-electron chi connectivity index (χ4n) is 9.85. The molecule has 0 unspecified atom stereocenters. The second-order valence-electron chi connectivity index (χ2n) is 15.6. The Bertz CT molecular complexity index is 3890. The standard InChI is InChI=1S/C55H31NO2/c57-55-45-18-9-8-17-42(45)49-30-36(32-11-2-1-3-12-32)31-50-47-29-35(22-25-51(47)56(55)53(49)50)37-19-10-20-44-48-28-34(23-26-52(48)58-54(37)44)33-21-24-43-40-15-5-4-13-38(40)39-14-6-7-16-41(39)46(43)27-33/h1-31H. The van der Waals surface area contributed by atoms with E-state index in [0.717, 1.165) is 87.7 Å². The van der Waals surface area contributed by atoms with Gasteiger partial charge in [0, 0.05) is 37.9 Å². The van der Waals surface area contributed by atoms with Gasteiger partial charge in [-0.15, -0.1) is 0 Å². The molecule has 268 valence electrons. The van der Waals surface area contributed by atoms with Crippen molar-refractivity contribution in [3.63, 3.8) is 0 Å². The van der Waals surface area contributed by atoms with Crippen LogP contribution < -0.4 is 5.56 Å². The molecule has 3 nitrogen and oxygen atoms in total. The first-order chi connectivity index (χ1) is 28.7. The smallest absolute Gasteiger partial charge is 0.263 e. The van der Waals surface area contributed by atoms with Crippen molar-refractivity contribution < 1.29 is 4.42 Å². The SMILES string of the molecule is O=c1c2ccccc2c2cc(-c3ccccc3)cc3c4cc(-c5cccc6c5oc5ccc(-c7ccc8c9ccccc9c9ccccc9c8c7)cc56)ccc4n1c23. The van der Waals surface area contributed by atoms with Crippen LogP contribution in [0.3, 0.4) is 0 Å². The summed E-state index contributed by atoms with van der Waals surface area (Å²) in [5, 5.41) is 14.7. The molecule has 13 rings (SSSR count). The third-order valence-corrected chi connectivity index (χ3v) is 12.5. The Hall–Kier alpha value is -7.75. The molecule has 0 atom stereocenters. The van der Waals surface area contributed by atoms with Gasteiger partial charge in [-0.2, -0.15) is 0 Å². The lowest BCUT2D eigenvalue weighted by molar-refractivity contribution is 0.670. The molecule has 0 aliphatic heterocycles. The molecule has 3 heterocycles. The largest absolute Gasteiger partial charge is 0.455 e. The highest BCUT2D eigenvalue weighted by atomic mass is 16.3. The second-order valence-corrected chi connectivity index (χ2v) is 15.6. The molecule has 0 aliphatic carbocycles. The van der Waals surface area contributed by atoms with E-state index in [9.17, 15) is 4.79 Å². The summed E-state index contributed by atoms with van der Waals surface area (Å²) in [5.41, 5.74) is 10.2. The van der Waals surface area contributed by atoms with E-state index in [-0.39, 0.29) is 5.56 Å². The molecule has 0 bridgehead atoms. The normalized spacial score (nSPS) is 12.2. The average Bonchev–Trinajstić information content (AvgIpc) is 3.84. The molecule has 0 radical (unpaired) electrons. The molecule has 0 spiro atoms. The molecule has 0 saturated heterocycles. The lowest BCUT2D eigenvalue weighted by Gasteiger charge is -2.12. The van der Waals surface area contributed by atoms with Crippen LogP contribution in [-0.4, -0.2) is 4.40 Å². The number of rotatable bonds is 3. The summed E-state index contributed by atoms with van der Waals surface area (Å²) in [4.78, 5) is 14.2. The van der Waals surface area contributed by atoms with Crippen LogP contribution in [0, 0.1) is 0 Å². The number of nitrogens with zero attached hydrogens (tertiary/aromatic N) is 1. The van der Waals surface area contributed by atoms with Gasteiger partial charge in [0.15, 0.2) is 0 Å². The van der Waals surface area contributed by atoms with Gasteiger partial charge in [-0.3, -0.25) is 9.20 Å². The quantitative estimate of drug-likeness (QED) is 0.169. The van der Waals surface area contributed by atoms with Crippen LogP contribution in [0.15, 0.2) is 197 Å². The van der Waals surface area contributed by atoms with Crippen molar-refractivity contribution in [3.8, 4) is 33.4 Å². The molecular weight excluding hydrogens is 707 g/mol. The Kier molecular flexibility index (Phi) is 6.31.